The number of nitrogens with zero attached hydrogens (tertiary/aromatic N) is 3. The molecule has 0 spiro atoms. The van der Waals surface area contributed by atoms with Crippen molar-refractivity contribution < 1.29 is 5.11 Å². The number of benzene rings is 2. The molecule has 2 aromatic carbocycles. The van der Waals surface area contributed by atoms with Gasteiger partial charge in [-0.05, 0) is 25.2 Å². The van der Waals surface area contributed by atoms with Crippen LogP contribution in [0.5, 0.6) is 0 Å². The number of aliphatic hydroxyl groups is 1. The Labute approximate surface area is 138 Å². The Bertz CT molecular complexity index is 1020. The molecular weight excluding hydrogens is 304 g/mol. The van der Waals surface area contributed by atoms with Crippen LogP contribution >= 0.6 is 0 Å². The minimum absolute atomic E-state index is 0.109. The molecule has 0 saturated heterocycles. The lowest BCUT2D eigenvalue weighted by Gasteiger charge is -2.07. The van der Waals surface area contributed by atoms with Crippen molar-refractivity contribution in [3.05, 3.63) is 70.3 Å². The van der Waals surface area contributed by atoms with Crippen molar-refractivity contribution in [2.75, 3.05) is 13.6 Å². The highest BCUT2D eigenvalue weighted by molar-refractivity contribution is 6.16. The summed E-state index contributed by atoms with van der Waals surface area (Å²) in [6.45, 7) is 0.183. The molecular formula is C18H16N4O2. The van der Waals surface area contributed by atoms with E-state index in [1.165, 1.54) is 0 Å². The van der Waals surface area contributed by atoms with Crippen LogP contribution in [0.1, 0.15) is 11.4 Å². The second kappa shape index (κ2) is 5.67. The molecule has 1 aromatic heterocycles. The van der Waals surface area contributed by atoms with Crippen LogP contribution in [-0.2, 0) is 0 Å². The summed E-state index contributed by atoms with van der Waals surface area (Å²) < 4.78 is 1.60. The van der Waals surface area contributed by atoms with Gasteiger partial charge in [-0.15, -0.1) is 0 Å². The third kappa shape index (κ3) is 2.16. The standard InChI is InChI=1S/C18H16N4O2/c1-19-15(23)10-20-16-12-7-3-5-9-14(12)22-17(16)21-13-8-4-2-6-11(13)18(22)24/h2-9,15,19,23H,10H2,1H3. The van der Waals surface area contributed by atoms with Crippen LogP contribution in [-0.4, -0.2) is 40.2 Å². The topological polar surface area (TPSA) is 79.5 Å². The molecule has 1 atom stereocenters. The predicted molar refractivity (Wildman–Crippen MR) is 92.9 cm³/mol. The monoisotopic (exact) mass is 320 g/mol. The zero-order valence-electron chi connectivity index (χ0n) is 13.1. The van der Waals surface area contributed by atoms with Crippen molar-refractivity contribution in [2.24, 2.45) is 4.99 Å². The SMILES string of the molecule is CNC(O)CN=C1c2ccccc2-n2c1nc1ccccc1c2=O. The highest BCUT2D eigenvalue weighted by atomic mass is 16.3. The van der Waals surface area contributed by atoms with Crippen LogP contribution in [0.3, 0.4) is 0 Å². The number of hydrogen-bond acceptors (Lipinski definition) is 5. The number of aliphatic imine (C=N–C) groups is 1. The fourth-order valence-electron chi connectivity index (χ4n) is 2.93. The molecule has 0 aliphatic carbocycles. The molecule has 24 heavy (non-hydrogen) atoms. The van der Waals surface area contributed by atoms with E-state index in [0.29, 0.717) is 22.4 Å². The van der Waals surface area contributed by atoms with Gasteiger partial charge in [0.2, 0.25) is 0 Å². The van der Waals surface area contributed by atoms with Crippen molar-refractivity contribution in [2.45, 2.75) is 6.23 Å². The first-order valence-corrected chi connectivity index (χ1v) is 7.72. The predicted octanol–water partition coefficient (Wildman–Crippen LogP) is 1.07. The Balaban J connectivity index is 2.01. The number of hydrogen-bond donors (Lipinski definition) is 2. The zero-order chi connectivity index (χ0) is 16.7. The minimum atomic E-state index is -0.745. The maximum Gasteiger partial charge on any atom is 0.266 e. The lowest BCUT2D eigenvalue weighted by Crippen LogP contribution is -2.28. The quantitative estimate of drug-likeness (QED) is 0.554. The van der Waals surface area contributed by atoms with Crippen LogP contribution in [0.2, 0.25) is 0 Å². The highest BCUT2D eigenvalue weighted by Gasteiger charge is 2.28. The molecule has 0 radical (unpaired) electrons. The molecule has 2 N–H and O–H groups in total. The van der Waals surface area contributed by atoms with Gasteiger partial charge < -0.3 is 5.11 Å². The molecule has 2 heterocycles. The van der Waals surface area contributed by atoms with Gasteiger partial charge in [-0.3, -0.25) is 19.7 Å². The van der Waals surface area contributed by atoms with Crippen LogP contribution in [0.15, 0.2) is 58.3 Å². The average Bonchev–Trinajstić information content (AvgIpc) is 2.93. The van der Waals surface area contributed by atoms with Gasteiger partial charge in [0.05, 0.1) is 23.1 Å². The summed E-state index contributed by atoms with van der Waals surface area (Å²) >= 11 is 0. The number of nitrogens with one attached hydrogen (secondary N) is 1. The van der Waals surface area contributed by atoms with Gasteiger partial charge in [-0.25, -0.2) is 4.98 Å². The molecule has 120 valence electrons. The van der Waals surface area contributed by atoms with Gasteiger partial charge in [0, 0.05) is 5.56 Å². The summed E-state index contributed by atoms with van der Waals surface area (Å²) in [5.41, 5.74) is 2.78. The van der Waals surface area contributed by atoms with Crippen LogP contribution < -0.4 is 10.9 Å². The Morgan fingerprint density at radius 2 is 1.96 bits per heavy atom. The van der Waals surface area contributed by atoms with E-state index in [1.54, 1.807) is 17.7 Å². The number of likely N-dealkylation sites (N-methyl/N-ethyl adjacent to an activating group) is 1. The van der Waals surface area contributed by atoms with E-state index >= 15 is 0 Å². The summed E-state index contributed by atoms with van der Waals surface area (Å²) in [4.78, 5) is 22.1. The smallest absolute Gasteiger partial charge is 0.266 e. The number of para-hydroxylation sites is 2. The normalized spacial score (nSPS) is 15.5. The van der Waals surface area contributed by atoms with E-state index in [1.807, 2.05) is 42.5 Å². The number of aliphatic hydroxyl groups excluding tert-OH is 1. The van der Waals surface area contributed by atoms with E-state index in [9.17, 15) is 9.90 Å². The van der Waals surface area contributed by atoms with Crippen LogP contribution in [0.4, 0.5) is 0 Å². The molecule has 1 unspecified atom stereocenters. The number of aromatic nitrogens is 2. The van der Waals surface area contributed by atoms with E-state index < -0.39 is 6.23 Å². The lowest BCUT2D eigenvalue weighted by molar-refractivity contribution is 0.156. The number of rotatable bonds is 3. The first kappa shape index (κ1) is 14.7. The van der Waals surface area contributed by atoms with Gasteiger partial charge in [0.1, 0.15) is 11.9 Å². The largest absolute Gasteiger partial charge is 0.377 e. The second-order valence-corrected chi connectivity index (χ2v) is 5.60. The molecule has 1 aliphatic heterocycles. The van der Waals surface area contributed by atoms with Crippen molar-refractivity contribution in [1.82, 2.24) is 14.9 Å². The van der Waals surface area contributed by atoms with Crippen molar-refractivity contribution in [3.8, 4) is 5.69 Å². The maximum absolute atomic E-state index is 12.9. The van der Waals surface area contributed by atoms with Gasteiger partial charge in [-0.1, -0.05) is 30.3 Å². The summed E-state index contributed by atoms with van der Waals surface area (Å²) in [7, 11) is 1.66. The third-order valence-corrected chi connectivity index (χ3v) is 4.14. The molecule has 6 heteroatoms. The van der Waals surface area contributed by atoms with Gasteiger partial charge >= 0.3 is 0 Å². The zero-order valence-corrected chi connectivity index (χ0v) is 13.1. The summed E-state index contributed by atoms with van der Waals surface area (Å²) in [5.74, 6) is 0.517. The van der Waals surface area contributed by atoms with Crippen LogP contribution in [0.25, 0.3) is 16.6 Å². The molecule has 0 saturated carbocycles. The van der Waals surface area contributed by atoms with Crippen molar-refractivity contribution >= 4 is 16.6 Å². The Morgan fingerprint density at radius 3 is 2.79 bits per heavy atom. The molecule has 0 bridgehead atoms. The van der Waals surface area contributed by atoms with Crippen LogP contribution in [0, 0.1) is 0 Å². The van der Waals surface area contributed by atoms with E-state index in [4.69, 9.17) is 0 Å². The second-order valence-electron chi connectivity index (χ2n) is 5.60. The molecule has 0 amide bonds. The number of fused-ring (bicyclic) bond motifs is 4. The van der Waals surface area contributed by atoms with Crippen molar-refractivity contribution in [1.29, 1.82) is 0 Å². The summed E-state index contributed by atoms with van der Waals surface area (Å²) in [5, 5.41) is 13.0. The van der Waals surface area contributed by atoms with Gasteiger partial charge in [0.25, 0.3) is 5.56 Å². The Morgan fingerprint density at radius 1 is 1.21 bits per heavy atom. The Kier molecular flexibility index (Phi) is 3.48. The van der Waals surface area contributed by atoms with E-state index in [-0.39, 0.29) is 12.1 Å². The first-order valence-electron chi connectivity index (χ1n) is 7.72. The fraction of sp³-hybridized carbons (Fsp3) is 0.167. The fourth-order valence-corrected chi connectivity index (χ4v) is 2.93. The minimum Gasteiger partial charge on any atom is -0.377 e. The summed E-state index contributed by atoms with van der Waals surface area (Å²) in [6, 6.07) is 14.9. The molecule has 6 nitrogen and oxygen atoms in total. The Hall–Kier alpha value is -2.83. The first-order chi connectivity index (χ1) is 11.7. The molecule has 3 aromatic rings. The van der Waals surface area contributed by atoms with Gasteiger partial charge in [-0.2, -0.15) is 0 Å². The summed E-state index contributed by atoms with van der Waals surface area (Å²) in [6.07, 6.45) is -0.745. The molecule has 4 rings (SSSR count). The molecule has 1 aliphatic rings. The van der Waals surface area contributed by atoms with E-state index in [2.05, 4.69) is 15.3 Å². The molecule has 0 fully saturated rings. The van der Waals surface area contributed by atoms with Gasteiger partial charge in [0.15, 0.2) is 5.82 Å². The average molecular weight is 320 g/mol. The van der Waals surface area contributed by atoms with E-state index in [0.717, 1.165) is 11.3 Å². The lowest BCUT2D eigenvalue weighted by atomic mass is 10.1. The third-order valence-electron chi connectivity index (χ3n) is 4.14. The maximum atomic E-state index is 12.9. The highest BCUT2D eigenvalue weighted by Crippen LogP contribution is 2.26. The van der Waals surface area contributed by atoms with Crippen molar-refractivity contribution in [3.63, 3.8) is 0 Å².